The summed E-state index contributed by atoms with van der Waals surface area (Å²) in [6.07, 6.45) is 0.439. The monoisotopic (exact) mass is 521 g/mol. The molecule has 1 aliphatic rings. The van der Waals surface area contributed by atoms with E-state index in [-0.39, 0.29) is 22.2 Å². The molecule has 186 valence electrons. The Morgan fingerprint density at radius 3 is 2.69 bits per heavy atom. The number of carboxylic acid groups (broad SMARTS) is 1. The van der Waals surface area contributed by atoms with Gasteiger partial charge in [-0.1, -0.05) is 17.7 Å². The van der Waals surface area contributed by atoms with Gasteiger partial charge in [0.1, 0.15) is 5.75 Å². The van der Waals surface area contributed by atoms with Crippen LogP contribution in [0, 0.1) is 0 Å². The van der Waals surface area contributed by atoms with Gasteiger partial charge in [-0.2, -0.15) is 0 Å². The molecule has 35 heavy (non-hydrogen) atoms. The molecular weight excluding hydrogens is 497 g/mol. The van der Waals surface area contributed by atoms with Crippen molar-refractivity contribution in [3.05, 3.63) is 58.1 Å². The van der Waals surface area contributed by atoms with E-state index in [1.54, 1.807) is 24.3 Å². The minimum absolute atomic E-state index is 0.0148. The van der Waals surface area contributed by atoms with Crippen LogP contribution in [0.3, 0.4) is 0 Å². The number of carbonyl (C=O) groups excluding carboxylic acids is 2. The second kappa shape index (κ2) is 12.3. The summed E-state index contributed by atoms with van der Waals surface area (Å²) >= 11 is 11.9. The molecule has 0 saturated heterocycles. The van der Waals surface area contributed by atoms with E-state index in [0.717, 1.165) is 13.0 Å². The molecule has 3 rings (SSSR count). The zero-order valence-corrected chi connectivity index (χ0v) is 20.1. The lowest BCUT2D eigenvalue weighted by molar-refractivity contribution is -0.137. The molecule has 0 radical (unpaired) electrons. The number of aromatic hydroxyl groups is 1. The van der Waals surface area contributed by atoms with Crippen molar-refractivity contribution in [1.82, 2.24) is 16.0 Å². The van der Waals surface area contributed by atoms with E-state index in [4.69, 9.17) is 23.2 Å². The van der Waals surface area contributed by atoms with Gasteiger partial charge in [0.15, 0.2) is 5.96 Å². The number of hydrogen-bond acceptors (Lipinski definition) is 7. The minimum atomic E-state index is -1.20. The number of halogens is 2. The van der Waals surface area contributed by atoms with E-state index < -0.39 is 36.8 Å². The first-order chi connectivity index (χ1) is 16.8. The number of hydrogen-bond donors (Lipinski definition) is 6. The fraction of sp³-hybridized carbons (Fsp3) is 0.304. The maximum absolute atomic E-state index is 12.6. The van der Waals surface area contributed by atoms with E-state index >= 15 is 0 Å². The molecule has 0 bridgehead atoms. The van der Waals surface area contributed by atoms with Crippen LogP contribution in [0.15, 0.2) is 41.4 Å². The standard InChI is InChI=1S/C23H25Cl2N5O5/c24-11-13-7-16(21(34)17(25)8-13)18(10-20(32)33)30-19(31)12-28-22(35)14-3-1-4-15(9-14)29-23-26-5-2-6-27-23/h1,3-4,7-9,18,34H,2,5-6,10-12H2,(H,28,35)(H,30,31)(H,32,33)(H2,26,27,29)/t18-/m1/s1. The summed E-state index contributed by atoms with van der Waals surface area (Å²) in [5, 5.41) is 30.8. The molecule has 2 amide bonds. The molecule has 0 aromatic heterocycles. The van der Waals surface area contributed by atoms with Gasteiger partial charge in [-0.25, -0.2) is 0 Å². The zero-order chi connectivity index (χ0) is 25.4. The SMILES string of the molecule is O=C(O)C[C@@H](NC(=O)CNC(=O)c1cccc(NC2=NCCCN2)c1)c1cc(CCl)cc(Cl)c1O. The van der Waals surface area contributed by atoms with Crippen molar-refractivity contribution in [3.8, 4) is 5.75 Å². The number of nitrogens with zero attached hydrogens (tertiary/aromatic N) is 1. The first-order valence-electron chi connectivity index (χ1n) is 10.8. The molecule has 12 heteroatoms. The Morgan fingerprint density at radius 2 is 2.00 bits per heavy atom. The number of phenolic OH excluding ortho intramolecular Hbond substituents is 1. The normalized spacial score (nSPS) is 13.7. The predicted octanol–water partition coefficient (Wildman–Crippen LogP) is 2.61. The molecule has 1 atom stereocenters. The number of alkyl halides is 1. The third-order valence-corrected chi connectivity index (χ3v) is 5.69. The van der Waals surface area contributed by atoms with Crippen molar-refractivity contribution >= 4 is 52.6 Å². The summed E-state index contributed by atoms with van der Waals surface area (Å²) < 4.78 is 0. The number of rotatable bonds is 9. The van der Waals surface area contributed by atoms with Crippen LogP contribution < -0.4 is 21.3 Å². The number of nitrogens with one attached hydrogen (secondary N) is 4. The quantitative estimate of drug-likeness (QED) is 0.277. The van der Waals surface area contributed by atoms with Gasteiger partial charge in [0.2, 0.25) is 5.91 Å². The topological polar surface area (TPSA) is 152 Å². The smallest absolute Gasteiger partial charge is 0.305 e. The van der Waals surface area contributed by atoms with Crippen molar-refractivity contribution in [2.75, 3.05) is 25.0 Å². The molecule has 6 N–H and O–H groups in total. The number of guanidine groups is 1. The molecule has 0 unspecified atom stereocenters. The fourth-order valence-electron chi connectivity index (χ4n) is 3.43. The molecule has 0 fully saturated rings. The Balaban J connectivity index is 1.64. The van der Waals surface area contributed by atoms with E-state index in [1.807, 2.05) is 0 Å². The van der Waals surface area contributed by atoms with Crippen molar-refractivity contribution < 1.29 is 24.6 Å². The number of carboxylic acids is 1. The highest BCUT2D eigenvalue weighted by Gasteiger charge is 2.23. The van der Waals surface area contributed by atoms with Crippen molar-refractivity contribution in [3.63, 3.8) is 0 Å². The number of anilines is 1. The predicted molar refractivity (Wildman–Crippen MR) is 133 cm³/mol. The Hall–Kier alpha value is -3.50. The highest BCUT2D eigenvalue weighted by Crippen LogP contribution is 2.35. The van der Waals surface area contributed by atoms with Gasteiger partial charge in [0, 0.05) is 35.8 Å². The average Bonchev–Trinajstić information content (AvgIpc) is 2.84. The molecular formula is C23H25Cl2N5O5. The van der Waals surface area contributed by atoms with E-state index in [1.165, 1.54) is 12.1 Å². The maximum atomic E-state index is 12.6. The van der Waals surface area contributed by atoms with Gasteiger partial charge in [-0.3, -0.25) is 19.4 Å². The number of amides is 2. The van der Waals surface area contributed by atoms with Gasteiger partial charge < -0.3 is 31.5 Å². The van der Waals surface area contributed by atoms with Crippen LogP contribution in [0.25, 0.3) is 0 Å². The number of benzene rings is 2. The Bertz CT molecular complexity index is 1140. The van der Waals surface area contributed by atoms with Crippen LogP contribution in [0.1, 0.15) is 40.4 Å². The van der Waals surface area contributed by atoms with Crippen LogP contribution in [0.5, 0.6) is 5.75 Å². The molecule has 2 aromatic rings. The fourth-order valence-corrected chi connectivity index (χ4v) is 3.84. The van der Waals surface area contributed by atoms with Gasteiger partial charge >= 0.3 is 5.97 Å². The lowest BCUT2D eigenvalue weighted by atomic mass is 10.00. The average molecular weight is 522 g/mol. The molecule has 10 nitrogen and oxygen atoms in total. The van der Waals surface area contributed by atoms with Crippen LogP contribution in [0.2, 0.25) is 5.02 Å². The summed E-state index contributed by atoms with van der Waals surface area (Å²) in [6.45, 7) is 1.11. The van der Waals surface area contributed by atoms with Gasteiger partial charge in [-0.05, 0) is 42.3 Å². The van der Waals surface area contributed by atoms with E-state index in [2.05, 4.69) is 26.3 Å². The lowest BCUT2D eigenvalue weighted by Crippen LogP contribution is -2.39. The maximum Gasteiger partial charge on any atom is 0.305 e. The summed E-state index contributed by atoms with van der Waals surface area (Å²) in [6, 6.07) is 8.54. The van der Waals surface area contributed by atoms with Crippen molar-refractivity contribution in [1.29, 1.82) is 0 Å². The number of aliphatic carboxylic acids is 1. The second-order valence-corrected chi connectivity index (χ2v) is 8.44. The van der Waals surface area contributed by atoms with Gasteiger partial charge in [-0.15, -0.1) is 11.6 Å². The Morgan fingerprint density at radius 1 is 1.20 bits per heavy atom. The molecule has 2 aromatic carbocycles. The van der Waals surface area contributed by atoms with E-state index in [9.17, 15) is 24.6 Å². The first kappa shape index (κ1) is 26.1. The van der Waals surface area contributed by atoms with Gasteiger partial charge in [0.25, 0.3) is 5.91 Å². The summed E-state index contributed by atoms with van der Waals surface area (Å²) in [5.74, 6) is -1.99. The molecule has 1 aliphatic heterocycles. The zero-order valence-electron chi connectivity index (χ0n) is 18.6. The van der Waals surface area contributed by atoms with Crippen LogP contribution >= 0.6 is 23.2 Å². The molecule has 1 heterocycles. The molecule has 0 spiro atoms. The largest absolute Gasteiger partial charge is 0.506 e. The third kappa shape index (κ3) is 7.49. The second-order valence-electron chi connectivity index (χ2n) is 7.77. The van der Waals surface area contributed by atoms with Crippen LogP contribution in [-0.4, -0.2) is 53.6 Å². The van der Waals surface area contributed by atoms with Gasteiger partial charge in [0.05, 0.1) is 24.0 Å². The number of carbonyl (C=O) groups is 3. The Labute approximate surface area is 211 Å². The highest BCUT2D eigenvalue weighted by molar-refractivity contribution is 6.32. The summed E-state index contributed by atoms with van der Waals surface area (Å²) in [7, 11) is 0. The molecule has 0 aliphatic carbocycles. The minimum Gasteiger partial charge on any atom is -0.506 e. The Kier molecular flexibility index (Phi) is 9.16. The van der Waals surface area contributed by atoms with Crippen LogP contribution in [-0.2, 0) is 15.5 Å². The summed E-state index contributed by atoms with van der Waals surface area (Å²) in [4.78, 5) is 40.8. The lowest BCUT2D eigenvalue weighted by Gasteiger charge is -2.20. The highest BCUT2D eigenvalue weighted by atomic mass is 35.5. The third-order valence-electron chi connectivity index (χ3n) is 5.09. The van der Waals surface area contributed by atoms with Crippen molar-refractivity contribution in [2.45, 2.75) is 24.8 Å². The van der Waals surface area contributed by atoms with E-state index in [0.29, 0.717) is 29.3 Å². The number of phenols is 1. The molecule has 0 saturated carbocycles. The van der Waals surface area contributed by atoms with Crippen molar-refractivity contribution in [2.24, 2.45) is 4.99 Å². The number of aliphatic imine (C=N–C) groups is 1. The van der Waals surface area contributed by atoms with Crippen LogP contribution in [0.4, 0.5) is 5.69 Å². The summed E-state index contributed by atoms with van der Waals surface area (Å²) in [5.41, 5.74) is 1.64. The first-order valence-corrected chi connectivity index (χ1v) is 11.7.